The van der Waals surface area contributed by atoms with Crippen molar-refractivity contribution >= 4 is 34.4 Å². The average Bonchev–Trinajstić information content (AvgIpc) is 1.69. The second-order valence-corrected chi connectivity index (χ2v) is 2.77. The Balaban J connectivity index is 2.45. The molecule has 0 aromatic rings. The van der Waals surface area contributed by atoms with Crippen LogP contribution in [0.15, 0.2) is 0 Å². The van der Waals surface area contributed by atoms with Gasteiger partial charge < -0.3 is 4.74 Å². The van der Waals surface area contributed by atoms with E-state index in [1.807, 2.05) is 0 Å². The molecule has 0 bridgehead atoms. The molecule has 0 unspecified atom stereocenters. The van der Waals surface area contributed by atoms with Gasteiger partial charge in [-0.2, -0.15) is 0 Å². The molecule has 0 aliphatic carbocycles. The Morgan fingerprint density at radius 1 is 1.71 bits per heavy atom. The second-order valence-electron chi connectivity index (χ2n) is 0.924. The van der Waals surface area contributed by atoms with E-state index in [1.165, 1.54) is 0 Å². The molecular weight excluding hydrogens is 223 g/mol. The smallest absolute Gasteiger partial charge is 0.0990 e. The third kappa shape index (κ3) is 7.04. The lowest BCUT2D eigenvalue weighted by atomic mass is 11.0. The van der Waals surface area contributed by atoms with Gasteiger partial charge in [0.05, 0.1) is 10.6 Å². The lowest BCUT2D eigenvalue weighted by molar-refractivity contribution is 0.250. The Bertz CT molecular complexity index is 30.9. The summed E-state index contributed by atoms with van der Waals surface area (Å²) >= 11 is 4.00. The van der Waals surface area contributed by atoms with Gasteiger partial charge >= 0.3 is 0 Å². The predicted octanol–water partition coefficient (Wildman–Crippen LogP) is 2.11. The van der Waals surface area contributed by atoms with Crippen molar-refractivity contribution in [2.75, 3.05) is 16.3 Å². The molecule has 0 atom stereocenters. The summed E-state index contributed by atoms with van der Waals surface area (Å²) in [6.07, 6.45) is 0. The predicted molar refractivity (Wildman–Crippen MR) is 43.0 cm³/mol. The number of rotatable bonds is 4. The molecule has 0 rings (SSSR count). The quantitative estimate of drug-likeness (QED) is 0.317. The molecule has 0 aliphatic heterocycles. The van der Waals surface area contributed by atoms with E-state index >= 15 is 0 Å². The van der Waals surface area contributed by atoms with Gasteiger partial charge in [-0.25, -0.2) is 0 Å². The van der Waals surface area contributed by atoms with E-state index in [0.717, 1.165) is 16.3 Å². The van der Waals surface area contributed by atoms with Gasteiger partial charge in [0.1, 0.15) is 0 Å². The molecule has 0 fully saturated rings. The van der Waals surface area contributed by atoms with Crippen molar-refractivity contribution < 1.29 is 4.74 Å². The minimum absolute atomic E-state index is 0.810. The summed E-state index contributed by atoms with van der Waals surface area (Å²) < 4.78 is 5.83. The van der Waals surface area contributed by atoms with Crippen LogP contribution in [0, 0.1) is 0 Å². The second kappa shape index (κ2) is 7.04. The van der Waals surface area contributed by atoms with Crippen LogP contribution in [0.1, 0.15) is 6.92 Å². The van der Waals surface area contributed by atoms with E-state index in [1.54, 1.807) is 11.8 Å². The lowest BCUT2D eigenvalue weighted by Gasteiger charge is -1.93. The summed E-state index contributed by atoms with van der Waals surface area (Å²) in [5.41, 5.74) is 0. The van der Waals surface area contributed by atoms with Crippen LogP contribution in [0.4, 0.5) is 0 Å². The third-order valence-corrected chi connectivity index (χ3v) is 1.63. The first-order valence-corrected chi connectivity index (χ1v) is 4.81. The molecule has 0 N–H and O–H groups in total. The molecule has 44 valence electrons. The third-order valence-electron chi connectivity index (χ3n) is 0.448. The maximum absolute atomic E-state index is 5.02. The first kappa shape index (κ1) is 8.04. The van der Waals surface area contributed by atoms with Crippen molar-refractivity contribution in [1.82, 2.24) is 0 Å². The van der Waals surface area contributed by atoms with Gasteiger partial charge in [-0.1, -0.05) is 29.5 Å². The Kier molecular flexibility index (Phi) is 8.09. The van der Waals surface area contributed by atoms with Crippen molar-refractivity contribution in [1.29, 1.82) is 0 Å². The van der Waals surface area contributed by atoms with Crippen LogP contribution >= 0.6 is 34.4 Å². The maximum Gasteiger partial charge on any atom is 0.0990 e. The molecule has 0 saturated carbocycles. The molecule has 0 amide bonds. The largest absolute Gasteiger partial charge is 0.361 e. The summed E-state index contributed by atoms with van der Waals surface area (Å²) in [7, 11) is 0. The average molecular weight is 232 g/mol. The Hall–Kier alpha value is 1.04. The Morgan fingerprint density at radius 3 is 2.86 bits per heavy atom. The molecule has 0 radical (unpaired) electrons. The standard InChI is InChI=1S/C4H9IOS/c1-2-7-4-6-3-5/h2-4H2,1H3. The molecule has 7 heavy (non-hydrogen) atoms. The zero-order chi connectivity index (χ0) is 5.54. The topological polar surface area (TPSA) is 9.23 Å². The van der Waals surface area contributed by atoms with Crippen molar-refractivity contribution in [2.24, 2.45) is 0 Å². The van der Waals surface area contributed by atoms with Gasteiger partial charge in [-0.3, -0.25) is 0 Å². The normalized spacial score (nSPS) is 9.43. The zero-order valence-electron chi connectivity index (χ0n) is 4.32. The SMILES string of the molecule is CCSCOCI. The van der Waals surface area contributed by atoms with Crippen LogP contribution in [0.5, 0.6) is 0 Å². The highest BCUT2D eigenvalue weighted by atomic mass is 127. The van der Waals surface area contributed by atoms with Crippen molar-refractivity contribution in [3.05, 3.63) is 0 Å². The van der Waals surface area contributed by atoms with E-state index in [2.05, 4.69) is 29.5 Å². The maximum atomic E-state index is 5.02. The van der Waals surface area contributed by atoms with Crippen LogP contribution < -0.4 is 0 Å². The molecule has 0 heterocycles. The monoisotopic (exact) mass is 232 g/mol. The van der Waals surface area contributed by atoms with E-state index in [-0.39, 0.29) is 0 Å². The minimum atomic E-state index is 0.810. The number of hydrogen-bond acceptors (Lipinski definition) is 2. The molecule has 0 aromatic heterocycles. The highest BCUT2D eigenvalue weighted by molar-refractivity contribution is 14.1. The van der Waals surface area contributed by atoms with E-state index in [4.69, 9.17) is 4.74 Å². The van der Waals surface area contributed by atoms with E-state index in [0.29, 0.717) is 0 Å². The molecule has 3 heteroatoms. The van der Waals surface area contributed by atoms with Crippen molar-refractivity contribution in [3.8, 4) is 0 Å². The summed E-state index contributed by atoms with van der Waals surface area (Å²) in [6, 6.07) is 0. The summed E-state index contributed by atoms with van der Waals surface area (Å²) in [5, 5.41) is 0. The summed E-state index contributed by atoms with van der Waals surface area (Å²) in [4.78, 5) is 0. The molecule has 0 aromatic carbocycles. The van der Waals surface area contributed by atoms with Gasteiger partial charge in [0.15, 0.2) is 0 Å². The van der Waals surface area contributed by atoms with Crippen LogP contribution in [0.25, 0.3) is 0 Å². The first-order valence-electron chi connectivity index (χ1n) is 2.13. The van der Waals surface area contributed by atoms with Gasteiger partial charge in [-0.05, 0) is 5.75 Å². The number of hydrogen-bond donors (Lipinski definition) is 0. The number of ether oxygens (including phenoxy) is 1. The van der Waals surface area contributed by atoms with Crippen molar-refractivity contribution in [2.45, 2.75) is 6.92 Å². The van der Waals surface area contributed by atoms with Crippen molar-refractivity contribution in [3.63, 3.8) is 0 Å². The highest BCUT2D eigenvalue weighted by Gasteiger charge is 1.79. The Morgan fingerprint density at radius 2 is 2.43 bits per heavy atom. The van der Waals surface area contributed by atoms with Gasteiger partial charge in [-0.15, -0.1) is 11.8 Å². The van der Waals surface area contributed by atoms with Crippen LogP contribution in [0.3, 0.4) is 0 Å². The molecular formula is C4H9IOS. The van der Waals surface area contributed by atoms with E-state index < -0.39 is 0 Å². The summed E-state index contributed by atoms with van der Waals surface area (Å²) in [6.45, 7) is 2.13. The fourth-order valence-electron chi connectivity index (χ4n) is 0.174. The molecule has 0 spiro atoms. The van der Waals surface area contributed by atoms with Gasteiger partial charge in [0, 0.05) is 0 Å². The minimum Gasteiger partial charge on any atom is -0.361 e. The fraction of sp³-hybridized carbons (Fsp3) is 1.00. The first-order chi connectivity index (χ1) is 3.41. The van der Waals surface area contributed by atoms with E-state index in [9.17, 15) is 0 Å². The van der Waals surface area contributed by atoms with Gasteiger partial charge in [0.2, 0.25) is 0 Å². The zero-order valence-corrected chi connectivity index (χ0v) is 7.29. The fourth-order valence-corrected chi connectivity index (χ4v) is 1.06. The summed E-state index contributed by atoms with van der Waals surface area (Å²) in [5.74, 6) is 2.00. The Labute approximate surface area is 62.3 Å². The number of alkyl halides is 1. The van der Waals surface area contributed by atoms with Crippen LogP contribution in [-0.2, 0) is 4.74 Å². The van der Waals surface area contributed by atoms with Crippen LogP contribution in [0.2, 0.25) is 0 Å². The molecule has 1 nitrogen and oxygen atoms in total. The number of thioether (sulfide) groups is 1. The molecule has 0 aliphatic rings. The number of halogens is 1. The van der Waals surface area contributed by atoms with Gasteiger partial charge in [0.25, 0.3) is 0 Å². The molecule has 0 saturated heterocycles. The van der Waals surface area contributed by atoms with Crippen LogP contribution in [-0.4, -0.2) is 16.3 Å². The highest BCUT2D eigenvalue weighted by Crippen LogP contribution is 1.98. The lowest BCUT2D eigenvalue weighted by Crippen LogP contribution is -1.84.